The molecule has 1 N–H and O–H groups in total. The Bertz CT molecular complexity index is 506. The molecule has 0 saturated carbocycles. The molecule has 0 aliphatic carbocycles. The van der Waals surface area contributed by atoms with E-state index in [2.05, 4.69) is 41.4 Å². The Morgan fingerprint density at radius 1 is 1.22 bits per heavy atom. The number of nitrogens with one attached hydrogen (secondary N) is 1. The first kappa shape index (κ1) is 20.1. The minimum atomic E-state index is 0. The van der Waals surface area contributed by atoms with Crippen LogP contribution in [0, 0.1) is 0 Å². The highest BCUT2D eigenvalue weighted by molar-refractivity contribution is 5.85. The van der Waals surface area contributed by atoms with Gasteiger partial charge in [-0.2, -0.15) is 0 Å². The Kier molecular flexibility index (Phi) is 8.17. The summed E-state index contributed by atoms with van der Waals surface area (Å²) in [4.78, 5) is 16.7. The number of para-hydroxylation sites is 1. The van der Waals surface area contributed by atoms with Gasteiger partial charge in [-0.05, 0) is 31.4 Å². The average molecular weight is 360 g/mol. The largest absolute Gasteiger partial charge is 0.368 e. The lowest BCUT2D eigenvalue weighted by molar-refractivity contribution is -0.131. The number of halogens is 2. The summed E-state index contributed by atoms with van der Waals surface area (Å²) < 4.78 is 0. The van der Waals surface area contributed by atoms with E-state index < -0.39 is 0 Å². The van der Waals surface area contributed by atoms with Gasteiger partial charge >= 0.3 is 0 Å². The molecule has 1 aromatic rings. The van der Waals surface area contributed by atoms with Crippen LogP contribution in [0.4, 0.5) is 5.69 Å². The quantitative estimate of drug-likeness (QED) is 0.900. The van der Waals surface area contributed by atoms with Crippen LogP contribution in [0.5, 0.6) is 0 Å². The van der Waals surface area contributed by atoms with Crippen molar-refractivity contribution in [3.8, 4) is 0 Å². The highest BCUT2D eigenvalue weighted by Crippen LogP contribution is 2.30. The van der Waals surface area contributed by atoms with Gasteiger partial charge in [0.2, 0.25) is 5.91 Å². The Morgan fingerprint density at radius 2 is 1.91 bits per heavy atom. The van der Waals surface area contributed by atoms with Crippen LogP contribution in [0.2, 0.25) is 0 Å². The normalized spacial score (nSPS) is 20.1. The predicted molar refractivity (Wildman–Crippen MR) is 100 cm³/mol. The van der Waals surface area contributed by atoms with Crippen LogP contribution < -0.4 is 10.2 Å². The molecule has 6 heteroatoms. The number of anilines is 1. The minimum absolute atomic E-state index is 0. The zero-order chi connectivity index (χ0) is 14.7. The number of carbonyl (C=O) groups excluding carboxylic acids is 1. The van der Waals surface area contributed by atoms with Crippen LogP contribution in [0.1, 0.15) is 25.3 Å². The number of rotatable bonds is 3. The van der Waals surface area contributed by atoms with Gasteiger partial charge in [-0.1, -0.05) is 18.2 Å². The lowest BCUT2D eigenvalue weighted by atomic mass is 9.96. The number of hydrogen-bond donors (Lipinski definition) is 1. The van der Waals surface area contributed by atoms with E-state index >= 15 is 0 Å². The van der Waals surface area contributed by atoms with Gasteiger partial charge < -0.3 is 15.1 Å². The van der Waals surface area contributed by atoms with Crippen LogP contribution in [0.3, 0.4) is 0 Å². The third kappa shape index (κ3) is 4.75. The molecule has 3 rings (SSSR count). The molecule has 2 heterocycles. The molecule has 2 aliphatic heterocycles. The van der Waals surface area contributed by atoms with E-state index in [4.69, 9.17) is 0 Å². The molecule has 1 amide bonds. The molecule has 0 aromatic heterocycles. The Morgan fingerprint density at radius 3 is 2.65 bits per heavy atom. The van der Waals surface area contributed by atoms with Crippen molar-refractivity contribution in [3.05, 3.63) is 29.8 Å². The third-order valence-corrected chi connectivity index (χ3v) is 4.70. The topological polar surface area (TPSA) is 35.6 Å². The number of amides is 1. The maximum atomic E-state index is 12.3. The number of aryl methyl sites for hydroxylation is 1. The molecule has 1 atom stereocenters. The highest BCUT2D eigenvalue weighted by Gasteiger charge is 2.24. The molecule has 0 bridgehead atoms. The molecule has 1 saturated heterocycles. The Labute approximate surface area is 151 Å². The van der Waals surface area contributed by atoms with Crippen molar-refractivity contribution < 1.29 is 4.79 Å². The van der Waals surface area contributed by atoms with Gasteiger partial charge in [0, 0.05) is 50.9 Å². The number of nitrogens with zero attached hydrogens (tertiary/aromatic N) is 2. The van der Waals surface area contributed by atoms with E-state index in [0.717, 1.165) is 39.1 Å². The summed E-state index contributed by atoms with van der Waals surface area (Å²) in [5, 5.41) is 3.29. The summed E-state index contributed by atoms with van der Waals surface area (Å²) in [6, 6.07) is 9.14. The molecule has 2 aliphatic rings. The Balaban J connectivity index is 0.00000132. The van der Waals surface area contributed by atoms with Crippen molar-refractivity contribution in [2.75, 3.05) is 37.6 Å². The number of benzene rings is 1. The molecule has 1 aromatic carbocycles. The summed E-state index contributed by atoms with van der Waals surface area (Å²) in [7, 11) is 0. The monoisotopic (exact) mass is 359 g/mol. The van der Waals surface area contributed by atoms with Crippen LogP contribution >= 0.6 is 24.8 Å². The maximum Gasteiger partial charge on any atom is 0.224 e. The zero-order valence-electron chi connectivity index (χ0n) is 13.7. The minimum Gasteiger partial charge on any atom is -0.368 e. The van der Waals surface area contributed by atoms with Gasteiger partial charge in [-0.25, -0.2) is 0 Å². The third-order valence-electron chi connectivity index (χ3n) is 4.70. The standard InChI is InChI=1S/C17H25N3O.2ClH/c1-14-6-7-15-4-2-3-5-16(15)20(14)11-8-17(21)19-12-9-18-10-13-19;;/h2-5,14,18H,6-13H2,1H3;2*1H. The van der Waals surface area contributed by atoms with Crippen molar-refractivity contribution in [1.29, 1.82) is 0 Å². The van der Waals surface area contributed by atoms with Gasteiger partial charge in [0.25, 0.3) is 0 Å². The summed E-state index contributed by atoms with van der Waals surface area (Å²) in [6.45, 7) is 6.66. The van der Waals surface area contributed by atoms with Gasteiger partial charge in [0.15, 0.2) is 0 Å². The van der Waals surface area contributed by atoms with E-state index in [1.54, 1.807) is 0 Å². The molecule has 1 fully saturated rings. The van der Waals surface area contributed by atoms with Gasteiger partial charge in [-0.15, -0.1) is 24.8 Å². The van der Waals surface area contributed by atoms with Gasteiger partial charge in [-0.3, -0.25) is 4.79 Å². The smallest absolute Gasteiger partial charge is 0.224 e. The van der Waals surface area contributed by atoms with Crippen LogP contribution in [0.15, 0.2) is 24.3 Å². The van der Waals surface area contributed by atoms with Crippen molar-refractivity contribution in [1.82, 2.24) is 10.2 Å². The van der Waals surface area contributed by atoms with E-state index in [-0.39, 0.29) is 24.8 Å². The maximum absolute atomic E-state index is 12.3. The summed E-state index contributed by atoms with van der Waals surface area (Å²) in [5.41, 5.74) is 2.74. The van der Waals surface area contributed by atoms with E-state index in [1.165, 1.54) is 17.7 Å². The fourth-order valence-corrected chi connectivity index (χ4v) is 3.39. The highest BCUT2D eigenvalue weighted by atomic mass is 35.5. The molecule has 1 unspecified atom stereocenters. The second kappa shape index (κ2) is 9.36. The van der Waals surface area contributed by atoms with E-state index in [9.17, 15) is 4.79 Å². The summed E-state index contributed by atoms with van der Waals surface area (Å²) in [6.07, 6.45) is 2.96. The number of carbonyl (C=O) groups is 1. The molecule has 4 nitrogen and oxygen atoms in total. The van der Waals surface area contributed by atoms with E-state index in [0.29, 0.717) is 18.4 Å². The molecule has 130 valence electrons. The molecule has 0 radical (unpaired) electrons. The second-order valence-electron chi connectivity index (χ2n) is 6.09. The van der Waals surface area contributed by atoms with Crippen molar-refractivity contribution >= 4 is 36.4 Å². The molecular weight excluding hydrogens is 333 g/mol. The van der Waals surface area contributed by atoms with E-state index in [1.807, 2.05) is 4.90 Å². The van der Waals surface area contributed by atoms with Crippen LogP contribution in [-0.2, 0) is 11.2 Å². The fraction of sp³-hybridized carbons (Fsp3) is 0.588. The SMILES string of the molecule is CC1CCc2ccccc2N1CCC(=O)N1CCNCC1.Cl.Cl. The lowest BCUT2D eigenvalue weighted by Crippen LogP contribution is -2.47. The number of hydrogen-bond acceptors (Lipinski definition) is 3. The molecule has 0 spiro atoms. The second-order valence-corrected chi connectivity index (χ2v) is 6.09. The first-order chi connectivity index (χ1) is 10.3. The van der Waals surface area contributed by atoms with Crippen LogP contribution in [0.25, 0.3) is 0 Å². The first-order valence-corrected chi connectivity index (χ1v) is 8.09. The average Bonchev–Trinajstić information content (AvgIpc) is 2.54. The molecule has 23 heavy (non-hydrogen) atoms. The Hall–Kier alpha value is -0.970. The van der Waals surface area contributed by atoms with Gasteiger partial charge in [0.1, 0.15) is 0 Å². The van der Waals surface area contributed by atoms with Crippen molar-refractivity contribution in [3.63, 3.8) is 0 Å². The van der Waals surface area contributed by atoms with Gasteiger partial charge in [0.05, 0.1) is 0 Å². The van der Waals surface area contributed by atoms with Crippen molar-refractivity contribution in [2.24, 2.45) is 0 Å². The zero-order valence-corrected chi connectivity index (χ0v) is 15.3. The molecular formula is C17H27Cl2N3O. The lowest BCUT2D eigenvalue weighted by Gasteiger charge is -2.37. The number of fused-ring (bicyclic) bond motifs is 1. The summed E-state index contributed by atoms with van der Waals surface area (Å²) in [5.74, 6) is 0.298. The van der Waals surface area contributed by atoms with Crippen LogP contribution in [-0.4, -0.2) is 49.6 Å². The number of piperazine rings is 1. The fourth-order valence-electron chi connectivity index (χ4n) is 3.39. The summed E-state index contributed by atoms with van der Waals surface area (Å²) >= 11 is 0. The predicted octanol–water partition coefficient (Wildman–Crippen LogP) is 2.49. The first-order valence-electron chi connectivity index (χ1n) is 8.09. The van der Waals surface area contributed by atoms with Crippen molar-refractivity contribution in [2.45, 2.75) is 32.2 Å².